The number of carbonyl (C=O) groups is 1. The van der Waals surface area contributed by atoms with Crippen LogP contribution in [0.1, 0.15) is 25.0 Å². The lowest BCUT2D eigenvalue weighted by atomic mass is 10.2. The molecule has 0 spiro atoms. The summed E-state index contributed by atoms with van der Waals surface area (Å²) in [7, 11) is 0. The average molecular weight is 329 g/mol. The fraction of sp³-hybridized carbons (Fsp3) is 0.250. The molecule has 1 aliphatic rings. The number of alkyl halides is 2. The first-order valence-corrected chi connectivity index (χ1v) is 7.40. The maximum atomic E-state index is 13.3. The van der Waals surface area contributed by atoms with E-state index in [1.165, 1.54) is 6.92 Å². The molecule has 0 saturated heterocycles. The van der Waals surface area contributed by atoms with Gasteiger partial charge in [0.2, 0.25) is 5.91 Å². The highest BCUT2D eigenvalue weighted by Crippen LogP contribution is 2.55. The summed E-state index contributed by atoms with van der Waals surface area (Å²) in [6, 6.07) is 6.67. The zero-order chi connectivity index (χ0) is 16.9. The molecule has 1 saturated carbocycles. The van der Waals surface area contributed by atoms with Crippen molar-refractivity contribution in [3.8, 4) is 5.82 Å². The van der Waals surface area contributed by atoms with Gasteiger partial charge in [-0.05, 0) is 12.1 Å². The van der Waals surface area contributed by atoms with Crippen molar-refractivity contribution in [2.24, 2.45) is 0 Å². The number of nitrogens with one attached hydrogen (secondary N) is 1. The van der Waals surface area contributed by atoms with Gasteiger partial charge in [0.1, 0.15) is 5.82 Å². The minimum Gasteiger partial charge on any atom is -0.311 e. The minimum atomic E-state index is -2.67. The van der Waals surface area contributed by atoms with E-state index < -0.39 is 11.8 Å². The van der Waals surface area contributed by atoms with E-state index in [1.807, 2.05) is 0 Å². The predicted octanol–water partition coefficient (Wildman–Crippen LogP) is 2.90. The van der Waals surface area contributed by atoms with Gasteiger partial charge < -0.3 is 5.32 Å². The average Bonchev–Trinajstić information content (AvgIpc) is 2.99. The first-order chi connectivity index (χ1) is 11.4. The number of pyridine rings is 2. The summed E-state index contributed by atoms with van der Waals surface area (Å²) >= 11 is 0. The normalized spacial score (nSPS) is 18.5. The van der Waals surface area contributed by atoms with Crippen molar-refractivity contribution in [2.45, 2.75) is 25.2 Å². The van der Waals surface area contributed by atoms with Crippen molar-refractivity contribution in [3.05, 3.63) is 42.4 Å². The van der Waals surface area contributed by atoms with Crippen molar-refractivity contribution < 1.29 is 13.6 Å². The van der Waals surface area contributed by atoms with Gasteiger partial charge >= 0.3 is 0 Å². The van der Waals surface area contributed by atoms with Crippen LogP contribution < -0.4 is 5.32 Å². The lowest BCUT2D eigenvalue weighted by Gasteiger charge is -2.06. The van der Waals surface area contributed by atoms with Crippen LogP contribution >= 0.6 is 0 Å². The molecule has 0 aromatic carbocycles. The van der Waals surface area contributed by atoms with Gasteiger partial charge in [-0.2, -0.15) is 5.10 Å². The Hall–Kier alpha value is -2.90. The second kappa shape index (κ2) is 5.05. The van der Waals surface area contributed by atoms with Crippen LogP contribution in [0.3, 0.4) is 0 Å². The van der Waals surface area contributed by atoms with Gasteiger partial charge in [-0.3, -0.25) is 4.79 Å². The molecule has 1 aliphatic carbocycles. The molecule has 0 aliphatic heterocycles. The number of fused-ring (bicyclic) bond motifs is 1. The van der Waals surface area contributed by atoms with Crippen LogP contribution in [0.4, 0.5) is 14.6 Å². The number of halogens is 2. The third-order valence-corrected chi connectivity index (χ3v) is 3.91. The Balaban J connectivity index is 1.76. The van der Waals surface area contributed by atoms with Gasteiger partial charge in [-0.1, -0.05) is 6.07 Å². The molecule has 1 N–H and O–H groups in total. The van der Waals surface area contributed by atoms with Crippen LogP contribution in [0, 0.1) is 0 Å². The Morgan fingerprint density at radius 3 is 2.88 bits per heavy atom. The van der Waals surface area contributed by atoms with E-state index in [0.29, 0.717) is 22.8 Å². The molecule has 122 valence electrons. The summed E-state index contributed by atoms with van der Waals surface area (Å²) in [6.45, 7) is 1.39. The third-order valence-electron chi connectivity index (χ3n) is 3.91. The molecule has 1 atom stereocenters. The van der Waals surface area contributed by atoms with Gasteiger partial charge in [-0.25, -0.2) is 23.4 Å². The van der Waals surface area contributed by atoms with Crippen LogP contribution in [0.15, 0.2) is 36.7 Å². The first-order valence-electron chi connectivity index (χ1n) is 7.40. The second-order valence-electron chi connectivity index (χ2n) is 5.80. The zero-order valence-corrected chi connectivity index (χ0v) is 12.7. The Morgan fingerprint density at radius 1 is 1.38 bits per heavy atom. The number of anilines is 1. The van der Waals surface area contributed by atoms with Gasteiger partial charge in [0.25, 0.3) is 5.92 Å². The van der Waals surface area contributed by atoms with E-state index in [4.69, 9.17) is 0 Å². The number of nitrogens with zero attached hydrogens (tertiary/aromatic N) is 4. The maximum absolute atomic E-state index is 13.3. The van der Waals surface area contributed by atoms with Crippen molar-refractivity contribution in [2.75, 3.05) is 5.32 Å². The molecule has 6 nitrogen and oxygen atoms in total. The molecule has 0 bridgehead atoms. The SMILES string of the molecule is CC(=O)Nc1cc2c(cn1)cnn2-c1cccc(C2CC2(F)F)n1. The van der Waals surface area contributed by atoms with Crippen LogP contribution in [0.25, 0.3) is 16.7 Å². The molecule has 24 heavy (non-hydrogen) atoms. The third kappa shape index (κ3) is 2.49. The zero-order valence-electron chi connectivity index (χ0n) is 12.7. The number of hydrogen-bond acceptors (Lipinski definition) is 4. The summed E-state index contributed by atoms with van der Waals surface area (Å²) in [5.74, 6) is -2.88. The summed E-state index contributed by atoms with van der Waals surface area (Å²) in [5.41, 5.74) is 1.04. The lowest BCUT2D eigenvalue weighted by Crippen LogP contribution is -2.07. The minimum absolute atomic E-state index is 0.167. The van der Waals surface area contributed by atoms with Crippen LogP contribution in [0.2, 0.25) is 0 Å². The number of carbonyl (C=O) groups excluding carboxylic acids is 1. The van der Waals surface area contributed by atoms with E-state index in [9.17, 15) is 13.6 Å². The molecule has 1 fully saturated rings. The van der Waals surface area contributed by atoms with Crippen LogP contribution in [-0.4, -0.2) is 31.6 Å². The standard InChI is InChI=1S/C16H13F2N5O/c1-9(24)21-14-5-13-10(7-19-14)8-20-23(13)15-4-2-3-12(22-15)11-6-16(11,17)18/h2-5,7-8,11H,6H2,1H3,(H,19,21,24). The Kier molecular flexibility index (Phi) is 3.09. The van der Waals surface area contributed by atoms with Crippen LogP contribution in [0.5, 0.6) is 0 Å². The number of aromatic nitrogens is 4. The molecule has 3 aromatic rings. The van der Waals surface area contributed by atoms with Crippen LogP contribution in [-0.2, 0) is 4.79 Å². The highest BCUT2D eigenvalue weighted by Gasteiger charge is 2.58. The number of rotatable bonds is 3. The lowest BCUT2D eigenvalue weighted by molar-refractivity contribution is -0.114. The largest absolute Gasteiger partial charge is 0.311 e. The van der Waals surface area contributed by atoms with Gasteiger partial charge in [-0.15, -0.1) is 0 Å². The molecule has 3 aromatic heterocycles. The van der Waals surface area contributed by atoms with Gasteiger partial charge in [0, 0.05) is 31.0 Å². The molecule has 8 heteroatoms. The number of hydrogen-bond donors (Lipinski definition) is 1. The highest BCUT2D eigenvalue weighted by molar-refractivity contribution is 5.90. The van der Waals surface area contributed by atoms with E-state index in [0.717, 1.165) is 5.39 Å². The topological polar surface area (TPSA) is 72.7 Å². The predicted molar refractivity (Wildman–Crippen MR) is 83.3 cm³/mol. The second-order valence-corrected chi connectivity index (χ2v) is 5.80. The quantitative estimate of drug-likeness (QED) is 0.802. The highest BCUT2D eigenvalue weighted by atomic mass is 19.3. The summed E-state index contributed by atoms with van der Waals surface area (Å²) in [5, 5.41) is 7.62. The monoisotopic (exact) mass is 329 g/mol. The Morgan fingerprint density at radius 2 is 2.17 bits per heavy atom. The summed E-state index contributed by atoms with van der Waals surface area (Å²) < 4.78 is 28.1. The van der Waals surface area contributed by atoms with E-state index >= 15 is 0 Å². The fourth-order valence-electron chi connectivity index (χ4n) is 2.64. The molecular weight excluding hydrogens is 316 g/mol. The molecule has 4 rings (SSSR count). The summed E-state index contributed by atoms with van der Waals surface area (Å²) in [4.78, 5) is 19.6. The maximum Gasteiger partial charge on any atom is 0.257 e. The molecular formula is C16H13F2N5O. The fourth-order valence-corrected chi connectivity index (χ4v) is 2.64. The van der Waals surface area contributed by atoms with Crippen molar-refractivity contribution in [1.29, 1.82) is 0 Å². The van der Waals surface area contributed by atoms with Crippen molar-refractivity contribution in [1.82, 2.24) is 19.7 Å². The molecule has 1 unspecified atom stereocenters. The molecule has 3 heterocycles. The number of amides is 1. The van der Waals surface area contributed by atoms with E-state index in [1.54, 1.807) is 41.3 Å². The Labute approximate surface area is 135 Å². The first kappa shape index (κ1) is 14.7. The Bertz CT molecular complexity index is 953. The van der Waals surface area contributed by atoms with Crippen molar-refractivity contribution >= 4 is 22.6 Å². The van der Waals surface area contributed by atoms with Gasteiger partial charge in [0.15, 0.2) is 5.82 Å². The summed E-state index contributed by atoms with van der Waals surface area (Å²) in [6.07, 6.45) is 3.03. The van der Waals surface area contributed by atoms with Gasteiger partial charge in [0.05, 0.1) is 23.3 Å². The van der Waals surface area contributed by atoms with Crippen molar-refractivity contribution in [3.63, 3.8) is 0 Å². The van der Waals surface area contributed by atoms with E-state index in [2.05, 4.69) is 20.4 Å². The molecule has 1 amide bonds. The molecule has 0 radical (unpaired) electrons. The smallest absolute Gasteiger partial charge is 0.257 e. The van der Waals surface area contributed by atoms with E-state index in [-0.39, 0.29) is 12.3 Å².